The van der Waals surface area contributed by atoms with E-state index < -0.39 is 35.3 Å². The third-order valence-electron chi connectivity index (χ3n) is 14.4. The molecular weight excluding hydrogens is 923 g/mol. The lowest BCUT2D eigenvalue weighted by atomic mass is 9.84. The highest BCUT2D eigenvalue weighted by atomic mass is 32.1. The van der Waals surface area contributed by atoms with Crippen molar-refractivity contribution in [3.63, 3.8) is 0 Å². The number of carbonyl (C=O) groups is 5. The fourth-order valence-electron chi connectivity index (χ4n) is 10.4. The molecule has 7 heterocycles. The van der Waals surface area contributed by atoms with Crippen molar-refractivity contribution in [2.45, 2.75) is 84.9 Å². The molecule has 0 radical (unpaired) electrons. The number of methoxy groups -OCH3 is 1. The minimum absolute atomic E-state index is 0.0335. The summed E-state index contributed by atoms with van der Waals surface area (Å²) >= 11 is 1.45. The summed E-state index contributed by atoms with van der Waals surface area (Å²) in [6.45, 7) is 14.4. The number of cyclic esters (lactones) is 1. The van der Waals surface area contributed by atoms with Gasteiger partial charge in [-0.3, -0.25) is 38.9 Å². The number of pyridine rings is 1. The predicted octanol–water partition coefficient (Wildman–Crippen LogP) is 4.63. The fourth-order valence-corrected chi connectivity index (χ4v) is 11.3. The van der Waals surface area contributed by atoms with E-state index in [0.29, 0.717) is 63.5 Å². The molecule has 4 aromatic rings. The molecule has 3 fully saturated rings. The molecule has 0 aliphatic carbocycles. The molecule has 71 heavy (non-hydrogen) atoms. The summed E-state index contributed by atoms with van der Waals surface area (Å²) < 4.78 is 19.5. The second kappa shape index (κ2) is 22.4. The van der Waals surface area contributed by atoms with Gasteiger partial charge in [-0.2, -0.15) is 0 Å². The summed E-state index contributed by atoms with van der Waals surface area (Å²) in [6, 6.07) is 8.77. The molecule has 380 valence electrons. The Balaban J connectivity index is 1.04. The summed E-state index contributed by atoms with van der Waals surface area (Å²) in [7, 11) is 5.37. The van der Waals surface area contributed by atoms with Crippen molar-refractivity contribution in [3.8, 4) is 34.4 Å². The first-order valence-electron chi connectivity index (χ1n) is 24.9. The zero-order chi connectivity index (χ0) is 50.6. The summed E-state index contributed by atoms with van der Waals surface area (Å²) in [5.41, 5.74) is 9.28. The quantitative estimate of drug-likeness (QED) is 0.167. The molecule has 5 atom stereocenters. The highest BCUT2D eigenvalue weighted by Crippen LogP contribution is 2.41. The van der Waals surface area contributed by atoms with E-state index in [4.69, 9.17) is 24.2 Å². The van der Waals surface area contributed by atoms with Crippen molar-refractivity contribution in [1.29, 1.82) is 0 Å². The number of aromatic nitrogens is 3. The van der Waals surface area contributed by atoms with E-state index in [9.17, 15) is 24.0 Å². The third-order valence-corrected chi connectivity index (χ3v) is 15.2. The molecule has 17 nitrogen and oxygen atoms in total. The van der Waals surface area contributed by atoms with Crippen molar-refractivity contribution in [2.24, 2.45) is 30.2 Å². The van der Waals surface area contributed by atoms with Crippen molar-refractivity contribution in [3.05, 3.63) is 58.2 Å². The summed E-state index contributed by atoms with van der Waals surface area (Å²) in [5.74, 6) is 2.57. The predicted molar refractivity (Wildman–Crippen MR) is 270 cm³/mol. The Morgan fingerprint density at radius 3 is 2.63 bits per heavy atom. The number of likely N-dealkylation sites (tertiary alicyclic amines) is 1. The zero-order valence-electron chi connectivity index (χ0n) is 42.4. The van der Waals surface area contributed by atoms with Crippen LogP contribution < -0.4 is 10.7 Å². The van der Waals surface area contributed by atoms with Crippen LogP contribution in [0.2, 0.25) is 0 Å². The Labute approximate surface area is 420 Å². The van der Waals surface area contributed by atoms with Gasteiger partial charge in [-0.15, -0.1) is 11.3 Å². The number of nitrogens with zero attached hydrogens (tertiary/aromatic N) is 7. The molecule has 2 N–H and O–H groups in total. The Kier molecular flexibility index (Phi) is 16.3. The van der Waals surface area contributed by atoms with Gasteiger partial charge in [-0.25, -0.2) is 10.4 Å². The standard InChI is InChI=1S/C53H69N9O8S/c1-33(2)47(59(7)50(65)36-17-21-61(30-36)45(63)14-11-19-60-22-24-69-25-23-60)49(64)55-29-37-27-44-56-42(31-71-44)35-15-16-43-39(26-35)40(48(58(43)6)38-12-9-18-54-46(38)34(3)68-8)28-53(4,5)32-70-52(67)41-13-10-20-62(57-41)51(37)66/h9,12,15-16,18,26,31,33-34,36-37,41,47,57H,10,13,17,19-25,27-30,32H2,1-8H3,(H,55,64)/t34-,36-,37+,41-,47-/m0/s1. The highest BCUT2D eigenvalue weighted by molar-refractivity contribution is 7.10. The molecule has 3 saturated heterocycles. The van der Waals surface area contributed by atoms with Crippen LogP contribution in [0.15, 0.2) is 41.9 Å². The van der Waals surface area contributed by atoms with E-state index in [1.54, 1.807) is 25.3 Å². The van der Waals surface area contributed by atoms with Gasteiger partial charge < -0.3 is 33.9 Å². The topological polar surface area (TPSA) is 181 Å². The average Bonchev–Trinajstić information content (AvgIpc) is 4.12. The minimum atomic E-state index is -0.843. The Morgan fingerprint density at radius 1 is 1.08 bits per heavy atom. The lowest BCUT2D eigenvalue weighted by Crippen LogP contribution is -2.58. The molecule has 4 amide bonds. The molecule has 0 saturated carbocycles. The van der Waals surface area contributed by atoms with Crippen molar-refractivity contribution in [2.75, 3.05) is 79.8 Å². The number of fused-ring (bicyclic) bond motifs is 6. The van der Waals surface area contributed by atoms with Gasteiger partial charge in [-0.05, 0) is 74.3 Å². The fraction of sp³-hybridized carbons (Fsp3) is 0.566. The normalized spacial score (nSPS) is 21.8. The highest BCUT2D eigenvalue weighted by Gasteiger charge is 2.39. The molecule has 8 rings (SSSR count). The van der Waals surface area contributed by atoms with Crippen molar-refractivity contribution in [1.82, 2.24) is 45.0 Å². The molecule has 4 aliphatic rings. The van der Waals surface area contributed by atoms with E-state index in [0.717, 1.165) is 57.8 Å². The second-order valence-electron chi connectivity index (χ2n) is 20.5. The number of hydrogen-bond donors (Lipinski definition) is 2. The van der Waals surface area contributed by atoms with Gasteiger partial charge in [0.05, 0.1) is 66.4 Å². The van der Waals surface area contributed by atoms with Crippen LogP contribution in [0.5, 0.6) is 0 Å². The van der Waals surface area contributed by atoms with E-state index in [2.05, 4.69) is 77.2 Å². The smallest absolute Gasteiger partial charge is 0.324 e. The van der Waals surface area contributed by atoms with Gasteiger partial charge >= 0.3 is 5.97 Å². The van der Waals surface area contributed by atoms with E-state index in [1.165, 1.54) is 21.2 Å². The SMILES string of the molecule is CO[C@@H](C)c1ncccc1-c1c2c3cc(ccc3n1C)-c1csc(n1)C[C@H](CNC(=O)[C@H](C(C)C)N(C)C(=O)[C@H]1CCN(C(=O)C#CCN3CCOCC3)C1)C(=O)N1CCC[C@H](N1)C(=O)OCC(C)(C)C2. The molecule has 18 heteroatoms. The number of hydrazine groups is 1. The van der Waals surface area contributed by atoms with Crippen LogP contribution in [0.3, 0.4) is 0 Å². The second-order valence-corrected chi connectivity index (χ2v) is 21.5. The number of rotatable bonds is 10. The number of carbonyl (C=O) groups excluding carboxylic acids is 5. The number of amides is 4. The first-order chi connectivity index (χ1) is 34.0. The van der Waals surface area contributed by atoms with Crippen LogP contribution >= 0.6 is 11.3 Å². The number of hydrogen-bond acceptors (Lipinski definition) is 13. The number of ether oxygens (including phenoxy) is 3. The van der Waals surface area contributed by atoms with Gasteiger partial charge in [0.1, 0.15) is 12.1 Å². The monoisotopic (exact) mass is 991 g/mol. The Hall–Kier alpha value is -5.71. The number of thiazole rings is 1. The summed E-state index contributed by atoms with van der Waals surface area (Å²) in [4.78, 5) is 84.9. The van der Waals surface area contributed by atoms with Crippen LogP contribution in [0.25, 0.3) is 33.4 Å². The maximum atomic E-state index is 14.6. The number of morpholine rings is 1. The number of aryl methyl sites for hydroxylation is 1. The first kappa shape index (κ1) is 51.6. The van der Waals surface area contributed by atoms with Crippen LogP contribution in [-0.4, -0.2) is 156 Å². The van der Waals surface area contributed by atoms with Crippen LogP contribution in [0.1, 0.15) is 76.3 Å². The first-order valence-corrected chi connectivity index (χ1v) is 25.8. The lowest BCUT2D eigenvalue weighted by molar-refractivity contribution is -0.155. The molecule has 1 aromatic carbocycles. The summed E-state index contributed by atoms with van der Waals surface area (Å²) in [6.07, 6.45) is 3.86. The largest absolute Gasteiger partial charge is 0.464 e. The Morgan fingerprint density at radius 2 is 1.87 bits per heavy atom. The number of benzene rings is 1. The molecular formula is C53H69N9O8S. The van der Waals surface area contributed by atoms with E-state index >= 15 is 0 Å². The Bertz CT molecular complexity index is 2680. The number of nitrogens with one attached hydrogen (secondary N) is 2. The van der Waals surface area contributed by atoms with Crippen LogP contribution in [-0.2, 0) is 58.1 Å². The average molecular weight is 992 g/mol. The van der Waals surface area contributed by atoms with E-state index in [1.807, 2.05) is 32.2 Å². The minimum Gasteiger partial charge on any atom is -0.464 e. The third kappa shape index (κ3) is 11.7. The van der Waals surface area contributed by atoms with Gasteiger partial charge in [-0.1, -0.05) is 39.7 Å². The maximum absolute atomic E-state index is 14.6. The van der Waals surface area contributed by atoms with Crippen LogP contribution in [0.4, 0.5) is 0 Å². The van der Waals surface area contributed by atoms with Gasteiger partial charge in [0, 0.05) is 106 Å². The maximum Gasteiger partial charge on any atom is 0.324 e. The van der Waals surface area contributed by atoms with Gasteiger partial charge in [0.25, 0.3) is 5.91 Å². The molecule has 3 aromatic heterocycles. The lowest BCUT2D eigenvalue weighted by Gasteiger charge is -2.36. The van der Waals surface area contributed by atoms with Gasteiger partial charge in [0.15, 0.2) is 0 Å². The molecule has 0 unspecified atom stereocenters. The zero-order valence-corrected chi connectivity index (χ0v) is 43.2. The number of esters is 1. The van der Waals surface area contributed by atoms with Crippen LogP contribution in [0, 0.1) is 35.0 Å². The molecule has 4 aliphatic heterocycles. The molecule has 6 bridgehead atoms. The number of likely N-dealkylation sites (N-methyl/N-ethyl adjacent to an activating group) is 1. The van der Waals surface area contributed by atoms with Gasteiger partial charge in [0.2, 0.25) is 17.7 Å². The summed E-state index contributed by atoms with van der Waals surface area (Å²) in [5, 5.41) is 8.30. The van der Waals surface area contributed by atoms with Crippen molar-refractivity contribution < 1.29 is 38.2 Å². The van der Waals surface area contributed by atoms with E-state index in [-0.39, 0.29) is 61.8 Å². The van der Waals surface area contributed by atoms with Crippen molar-refractivity contribution >= 4 is 51.8 Å². The molecule has 0 spiro atoms.